The van der Waals surface area contributed by atoms with Crippen molar-refractivity contribution in [1.29, 1.82) is 0 Å². The van der Waals surface area contributed by atoms with E-state index in [1.54, 1.807) is 13.1 Å². The van der Waals surface area contributed by atoms with Gasteiger partial charge in [0.25, 0.3) is 0 Å². The van der Waals surface area contributed by atoms with E-state index in [1.807, 2.05) is 6.07 Å². The molecule has 2 heterocycles. The van der Waals surface area contributed by atoms with Crippen molar-refractivity contribution in [2.45, 2.75) is 36.0 Å². The Balaban J connectivity index is 1.91. The third-order valence-corrected chi connectivity index (χ3v) is 6.38. The Morgan fingerprint density at radius 2 is 2.17 bits per heavy atom. The molecule has 1 aromatic carbocycles. The predicted molar refractivity (Wildman–Crippen MR) is 78.2 cm³/mol. The van der Waals surface area contributed by atoms with Crippen LogP contribution in [0.1, 0.15) is 17.5 Å². The van der Waals surface area contributed by atoms with Gasteiger partial charge in [-0.15, -0.1) is 0 Å². The standard InChI is InChI=1S/C17H17NO5/c1-18(22)7-6-16-13-9-2-3-10(19)14(13)23-15(16)11(20)4-5-17(16,21)12(18)8-9/h2-5,12,15,21-22H,6-8H2,1H3/p+1. The van der Waals surface area contributed by atoms with Gasteiger partial charge in [0.2, 0.25) is 0 Å². The van der Waals surface area contributed by atoms with Crippen LogP contribution >= 0.6 is 0 Å². The lowest BCUT2D eigenvalue weighted by Gasteiger charge is -2.59. The Bertz CT molecular complexity index is 800. The summed E-state index contributed by atoms with van der Waals surface area (Å²) in [5.41, 5.74) is -0.625. The molecule has 0 radical (unpaired) electrons. The van der Waals surface area contributed by atoms with Crippen molar-refractivity contribution in [2.75, 3.05) is 13.6 Å². The topological polar surface area (TPSA) is 87.0 Å². The number of phenolic OH excluding ortho intramolecular Hbond substituents is 1. The van der Waals surface area contributed by atoms with Gasteiger partial charge in [-0.2, -0.15) is 4.65 Å². The van der Waals surface area contributed by atoms with Crippen LogP contribution in [0.2, 0.25) is 0 Å². The maximum absolute atomic E-state index is 12.5. The number of aliphatic hydroxyl groups is 1. The van der Waals surface area contributed by atoms with Gasteiger partial charge in [-0.05, 0) is 23.8 Å². The largest absolute Gasteiger partial charge is 0.504 e. The van der Waals surface area contributed by atoms with Gasteiger partial charge in [-0.1, -0.05) is 6.07 Å². The zero-order chi connectivity index (χ0) is 16.2. The van der Waals surface area contributed by atoms with E-state index < -0.39 is 23.2 Å². The molecule has 4 aliphatic rings. The first-order valence-corrected chi connectivity index (χ1v) is 7.87. The lowest BCUT2D eigenvalue weighted by Crippen LogP contribution is -2.78. The van der Waals surface area contributed by atoms with Crippen molar-refractivity contribution in [3.63, 3.8) is 0 Å². The number of carbonyl (C=O) groups excluding carboxylic acids is 1. The maximum atomic E-state index is 12.5. The number of hydrogen-bond acceptors (Lipinski definition) is 5. The quantitative estimate of drug-likeness (QED) is 0.604. The molecule has 1 spiro atoms. The van der Waals surface area contributed by atoms with Crippen molar-refractivity contribution in [2.24, 2.45) is 0 Å². The smallest absolute Gasteiger partial charge is 0.197 e. The highest BCUT2D eigenvalue weighted by Crippen LogP contribution is 2.64. The number of phenols is 1. The summed E-state index contributed by atoms with van der Waals surface area (Å²) in [5, 5.41) is 32.6. The second-order valence-corrected chi connectivity index (χ2v) is 7.39. The average Bonchev–Trinajstić information content (AvgIpc) is 2.86. The van der Waals surface area contributed by atoms with Gasteiger partial charge in [0.15, 0.2) is 35.0 Å². The van der Waals surface area contributed by atoms with E-state index in [2.05, 4.69) is 0 Å². The predicted octanol–water partition coefficient (Wildman–Crippen LogP) is 0.425. The fourth-order valence-corrected chi connectivity index (χ4v) is 5.30. The minimum atomic E-state index is -1.38. The van der Waals surface area contributed by atoms with Gasteiger partial charge in [0.05, 0.1) is 12.5 Å². The van der Waals surface area contributed by atoms with E-state index >= 15 is 0 Å². The first-order chi connectivity index (χ1) is 10.8. The lowest BCUT2D eigenvalue weighted by molar-refractivity contribution is -1.11. The van der Waals surface area contributed by atoms with Gasteiger partial charge in [-0.3, -0.25) is 4.79 Å². The Hall–Kier alpha value is -1.89. The zero-order valence-corrected chi connectivity index (χ0v) is 12.7. The summed E-state index contributed by atoms with van der Waals surface area (Å²) in [5.74, 6) is 0.106. The normalized spacial score (nSPS) is 45.6. The minimum absolute atomic E-state index is 0.00653. The van der Waals surface area contributed by atoms with Crippen LogP contribution in [-0.4, -0.2) is 57.2 Å². The number of ether oxygens (including phenoxy) is 1. The van der Waals surface area contributed by atoms with Crippen molar-refractivity contribution < 1.29 is 29.6 Å². The highest BCUT2D eigenvalue weighted by molar-refractivity contribution is 5.98. The summed E-state index contributed by atoms with van der Waals surface area (Å²) in [6.45, 7) is 0.419. The van der Waals surface area contributed by atoms with Crippen LogP contribution in [0.4, 0.5) is 0 Å². The van der Waals surface area contributed by atoms with E-state index in [9.17, 15) is 20.2 Å². The van der Waals surface area contributed by atoms with Crippen LogP contribution in [0.25, 0.3) is 0 Å². The number of ketones is 1. The fourth-order valence-electron chi connectivity index (χ4n) is 5.30. The average molecular weight is 316 g/mol. The summed E-state index contributed by atoms with van der Waals surface area (Å²) in [6, 6.07) is 2.89. The van der Waals surface area contributed by atoms with Gasteiger partial charge >= 0.3 is 0 Å². The molecule has 2 aliphatic heterocycles. The molecular weight excluding hydrogens is 298 g/mol. The molecule has 6 nitrogen and oxygen atoms in total. The third kappa shape index (κ3) is 1.23. The number of likely N-dealkylation sites (tertiary alicyclic amines) is 1. The van der Waals surface area contributed by atoms with Crippen LogP contribution < -0.4 is 4.74 Å². The minimum Gasteiger partial charge on any atom is -0.504 e. The maximum Gasteiger partial charge on any atom is 0.197 e. The first-order valence-electron chi connectivity index (χ1n) is 7.87. The Morgan fingerprint density at radius 1 is 1.39 bits per heavy atom. The van der Waals surface area contributed by atoms with Gasteiger partial charge in [-0.25, -0.2) is 5.21 Å². The van der Waals surface area contributed by atoms with Gasteiger partial charge in [0, 0.05) is 18.4 Å². The van der Waals surface area contributed by atoms with E-state index in [0.29, 0.717) is 25.1 Å². The van der Waals surface area contributed by atoms with Gasteiger partial charge < -0.3 is 14.9 Å². The monoisotopic (exact) mass is 316 g/mol. The molecule has 2 aliphatic carbocycles. The summed E-state index contributed by atoms with van der Waals surface area (Å²) in [7, 11) is 1.69. The zero-order valence-electron chi connectivity index (χ0n) is 12.7. The van der Waals surface area contributed by atoms with E-state index in [4.69, 9.17) is 4.74 Å². The van der Waals surface area contributed by atoms with Crippen LogP contribution in [0.5, 0.6) is 11.5 Å². The summed E-state index contributed by atoms with van der Waals surface area (Å²) >= 11 is 0. The molecule has 23 heavy (non-hydrogen) atoms. The van der Waals surface area contributed by atoms with E-state index in [-0.39, 0.29) is 16.2 Å². The number of aromatic hydroxyl groups is 1. The molecule has 5 unspecified atom stereocenters. The number of benzene rings is 1. The van der Waals surface area contributed by atoms with Crippen LogP contribution in [0, 0.1) is 0 Å². The third-order valence-electron chi connectivity index (χ3n) is 6.38. The number of likely N-dealkylation sites (N-methyl/N-ethyl adjacent to an activating group) is 1. The van der Waals surface area contributed by atoms with Gasteiger partial charge in [0.1, 0.15) is 6.54 Å². The molecule has 3 N–H and O–H groups in total. The molecule has 2 bridgehead atoms. The number of carbonyl (C=O) groups is 1. The molecule has 6 heteroatoms. The highest BCUT2D eigenvalue weighted by Gasteiger charge is 2.75. The van der Waals surface area contributed by atoms with Crippen LogP contribution in [0.3, 0.4) is 0 Å². The molecule has 5 atom stereocenters. The summed E-state index contributed by atoms with van der Waals surface area (Å²) < 4.78 is 5.56. The Kier molecular flexibility index (Phi) is 2.12. The van der Waals surface area contributed by atoms with Crippen molar-refractivity contribution >= 4 is 5.78 Å². The summed E-state index contributed by atoms with van der Waals surface area (Å²) in [6.07, 6.45) is 2.92. The second kappa shape index (κ2) is 3.61. The number of quaternary nitrogens is 1. The van der Waals surface area contributed by atoms with Crippen molar-refractivity contribution in [3.8, 4) is 11.5 Å². The molecular formula is C17H18NO5+. The Labute approximate surface area is 132 Å². The molecule has 5 rings (SSSR count). The molecule has 120 valence electrons. The number of nitrogens with zero attached hydrogens (tertiary/aromatic N) is 1. The van der Waals surface area contributed by atoms with E-state index in [0.717, 1.165) is 11.1 Å². The first kappa shape index (κ1) is 13.5. The van der Waals surface area contributed by atoms with Crippen LogP contribution in [0.15, 0.2) is 24.3 Å². The second-order valence-electron chi connectivity index (χ2n) is 7.39. The lowest BCUT2D eigenvalue weighted by atomic mass is 9.50. The van der Waals surface area contributed by atoms with Crippen molar-refractivity contribution in [1.82, 2.24) is 0 Å². The molecule has 1 aromatic rings. The number of hydrogen-bond donors (Lipinski definition) is 3. The number of piperidine rings is 1. The molecule has 0 aromatic heterocycles. The van der Waals surface area contributed by atoms with Crippen LogP contribution in [-0.2, 0) is 16.6 Å². The Morgan fingerprint density at radius 3 is 2.96 bits per heavy atom. The highest BCUT2D eigenvalue weighted by atomic mass is 16.6. The fraction of sp³-hybridized carbons (Fsp3) is 0.471. The SMILES string of the molecule is C[N+]1(O)CCC23c4c5ccc(O)c4OC2C(=O)C=CC3(O)C1C5. The van der Waals surface area contributed by atoms with E-state index in [1.165, 1.54) is 12.2 Å². The molecule has 0 amide bonds. The molecule has 1 fully saturated rings. The number of rotatable bonds is 0. The number of hydroxylamine groups is 3. The molecule has 1 saturated heterocycles. The van der Waals surface area contributed by atoms with Crippen molar-refractivity contribution in [3.05, 3.63) is 35.4 Å². The summed E-state index contributed by atoms with van der Waals surface area (Å²) in [4.78, 5) is 12.5. The molecule has 0 saturated carbocycles.